The Kier molecular flexibility index (Phi) is 2.75. The molecule has 0 aromatic heterocycles. The SMILES string of the molecule is Cc1cccc2c1C=c1cc3c(cc1C2=O)=Cc1ccccc1C3=O. The van der Waals surface area contributed by atoms with E-state index in [1.807, 2.05) is 73.7 Å². The molecule has 0 N–H and O–H groups in total. The fourth-order valence-electron chi connectivity index (χ4n) is 3.78. The lowest BCUT2D eigenvalue weighted by atomic mass is 9.84. The van der Waals surface area contributed by atoms with Gasteiger partial charge in [0.15, 0.2) is 11.6 Å². The summed E-state index contributed by atoms with van der Waals surface area (Å²) >= 11 is 0. The van der Waals surface area contributed by atoms with E-state index >= 15 is 0 Å². The molecule has 2 aliphatic carbocycles. The van der Waals surface area contributed by atoms with E-state index in [0.717, 1.165) is 32.7 Å². The van der Waals surface area contributed by atoms with E-state index in [0.29, 0.717) is 16.7 Å². The highest BCUT2D eigenvalue weighted by molar-refractivity contribution is 6.16. The topological polar surface area (TPSA) is 34.1 Å². The van der Waals surface area contributed by atoms with Gasteiger partial charge in [-0.25, -0.2) is 0 Å². The highest BCUT2D eigenvalue weighted by Crippen LogP contribution is 2.22. The maximum atomic E-state index is 13.0. The van der Waals surface area contributed by atoms with E-state index in [9.17, 15) is 9.59 Å². The number of carbonyl (C=O) groups excluding carboxylic acids is 2. The summed E-state index contributed by atoms with van der Waals surface area (Å²) in [5, 5.41) is 1.65. The van der Waals surface area contributed by atoms with E-state index in [2.05, 4.69) is 0 Å². The second-order valence-corrected chi connectivity index (χ2v) is 6.60. The summed E-state index contributed by atoms with van der Waals surface area (Å²) in [7, 11) is 0. The molecular formula is C23H14O2. The lowest BCUT2D eigenvalue weighted by Gasteiger charge is -2.17. The summed E-state index contributed by atoms with van der Waals surface area (Å²) < 4.78 is 0. The maximum Gasteiger partial charge on any atom is 0.194 e. The first kappa shape index (κ1) is 14.1. The zero-order chi connectivity index (χ0) is 17.1. The molecule has 0 atom stereocenters. The quantitative estimate of drug-likeness (QED) is 0.439. The average Bonchev–Trinajstić information content (AvgIpc) is 2.62. The van der Waals surface area contributed by atoms with Gasteiger partial charge in [0.25, 0.3) is 0 Å². The van der Waals surface area contributed by atoms with Gasteiger partial charge in [-0.3, -0.25) is 9.59 Å². The van der Waals surface area contributed by atoms with Crippen molar-refractivity contribution in [3.63, 3.8) is 0 Å². The Labute approximate surface area is 144 Å². The number of hydrogen-bond donors (Lipinski definition) is 0. The minimum absolute atomic E-state index is 0.0207. The molecule has 25 heavy (non-hydrogen) atoms. The lowest BCUT2D eigenvalue weighted by Crippen LogP contribution is -2.31. The van der Waals surface area contributed by atoms with E-state index in [4.69, 9.17) is 0 Å². The van der Waals surface area contributed by atoms with E-state index in [1.165, 1.54) is 0 Å². The van der Waals surface area contributed by atoms with Gasteiger partial charge in [-0.15, -0.1) is 0 Å². The number of fused-ring (bicyclic) bond motifs is 4. The molecule has 3 aromatic rings. The second kappa shape index (κ2) is 4.87. The highest BCUT2D eigenvalue weighted by Gasteiger charge is 2.24. The molecule has 0 radical (unpaired) electrons. The van der Waals surface area contributed by atoms with Crippen LogP contribution in [0.5, 0.6) is 0 Å². The van der Waals surface area contributed by atoms with Crippen molar-refractivity contribution in [1.82, 2.24) is 0 Å². The van der Waals surface area contributed by atoms with Crippen LogP contribution in [0, 0.1) is 6.92 Å². The first-order chi connectivity index (χ1) is 12.1. The zero-order valence-corrected chi connectivity index (χ0v) is 13.7. The van der Waals surface area contributed by atoms with E-state index in [1.54, 1.807) is 0 Å². The number of hydrogen-bond acceptors (Lipinski definition) is 2. The van der Waals surface area contributed by atoms with Crippen molar-refractivity contribution in [3.05, 3.63) is 104 Å². The van der Waals surface area contributed by atoms with Gasteiger partial charge in [-0.05, 0) is 58.3 Å². The summed E-state index contributed by atoms with van der Waals surface area (Å²) in [6.45, 7) is 2.00. The second-order valence-electron chi connectivity index (χ2n) is 6.60. The number of ketones is 2. The van der Waals surface area contributed by atoms with Crippen LogP contribution in [0.3, 0.4) is 0 Å². The van der Waals surface area contributed by atoms with Crippen molar-refractivity contribution in [2.24, 2.45) is 0 Å². The maximum absolute atomic E-state index is 13.0. The molecule has 0 aliphatic heterocycles. The molecular weight excluding hydrogens is 308 g/mol. The van der Waals surface area contributed by atoms with Crippen molar-refractivity contribution < 1.29 is 9.59 Å². The van der Waals surface area contributed by atoms with Crippen LogP contribution in [0.2, 0.25) is 0 Å². The minimum atomic E-state index is 0.0207. The van der Waals surface area contributed by atoms with E-state index in [-0.39, 0.29) is 11.6 Å². The van der Waals surface area contributed by atoms with Gasteiger partial charge in [-0.2, -0.15) is 0 Å². The normalized spacial score (nSPS) is 13.8. The summed E-state index contributed by atoms with van der Waals surface area (Å²) in [5.74, 6) is 0.0473. The number of benzene rings is 3. The number of carbonyl (C=O) groups is 2. The zero-order valence-electron chi connectivity index (χ0n) is 13.7. The standard InChI is InChI=1S/C23H14O2/c1-13-5-4-8-18-19(13)10-16-12-20-15(11-21(16)23(18)25)9-14-6-2-3-7-17(14)22(20)24/h2-12H,1H3. The fraction of sp³-hybridized carbons (Fsp3) is 0.0435. The monoisotopic (exact) mass is 322 g/mol. The molecule has 0 saturated heterocycles. The molecule has 5 rings (SSSR count). The van der Waals surface area contributed by atoms with Crippen molar-refractivity contribution in [3.8, 4) is 0 Å². The van der Waals surface area contributed by atoms with Crippen molar-refractivity contribution in [2.45, 2.75) is 6.92 Å². The average molecular weight is 322 g/mol. The van der Waals surface area contributed by atoms with Crippen LogP contribution in [0.4, 0.5) is 0 Å². The Morgan fingerprint density at radius 1 is 0.640 bits per heavy atom. The molecule has 2 nitrogen and oxygen atoms in total. The largest absolute Gasteiger partial charge is 0.289 e. The molecule has 2 heteroatoms. The Morgan fingerprint density at radius 2 is 1.28 bits per heavy atom. The molecule has 3 aromatic carbocycles. The summed E-state index contributed by atoms with van der Waals surface area (Å²) in [6.07, 6.45) is 4.01. The Morgan fingerprint density at radius 3 is 2.08 bits per heavy atom. The first-order valence-electron chi connectivity index (χ1n) is 8.29. The Bertz CT molecular complexity index is 1230. The van der Waals surface area contributed by atoms with Crippen LogP contribution in [-0.4, -0.2) is 11.6 Å². The van der Waals surface area contributed by atoms with Crippen LogP contribution >= 0.6 is 0 Å². The van der Waals surface area contributed by atoms with Crippen LogP contribution in [0.15, 0.2) is 54.6 Å². The molecule has 0 spiro atoms. The number of rotatable bonds is 0. The van der Waals surface area contributed by atoms with Crippen LogP contribution in [0.1, 0.15) is 48.5 Å². The van der Waals surface area contributed by atoms with Crippen molar-refractivity contribution in [1.29, 1.82) is 0 Å². The van der Waals surface area contributed by atoms with E-state index < -0.39 is 0 Å². The molecule has 0 bridgehead atoms. The molecule has 118 valence electrons. The summed E-state index contributed by atoms with van der Waals surface area (Å²) in [6, 6.07) is 17.1. The van der Waals surface area contributed by atoms with Gasteiger partial charge < -0.3 is 0 Å². The Balaban J connectivity index is 1.86. The van der Waals surface area contributed by atoms with Gasteiger partial charge in [0.2, 0.25) is 0 Å². The molecule has 0 saturated carbocycles. The van der Waals surface area contributed by atoms with Crippen molar-refractivity contribution in [2.75, 3.05) is 0 Å². The third kappa shape index (κ3) is 1.91. The lowest BCUT2D eigenvalue weighted by molar-refractivity contribution is 0.102. The molecule has 2 aliphatic rings. The van der Waals surface area contributed by atoms with Gasteiger partial charge in [0, 0.05) is 22.3 Å². The highest BCUT2D eigenvalue weighted by atomic mass is 16.1. The summed E-state index contributed by atoms with van der Waals surface area (Å²) in [5.41, 5.74) is 5.70. The fourth-order valence-corrected chi connectivity index (χ4v) is 3.78. The summed E-state index contributed by atoms with van der Waals surface area (Å²) in [4.78, 5) is 25.8. The van der Waals surface area contributed by atoms with Gasteiger partial charge >= 0.3 is 0 Å². The molecule has 0 unspecified atom stereocenters. The van der Waals surface area contributed by atoms with Gasteiger partial charge in [0.1, 0.15) is 0 Å². The van der Waals surface area contributed by atoms with Crippen LogP contribution in [-0.2, 0) is 0 Å². The van der Waals surface area contributed by atoms with Crippen LogP contribution in [0.25, 0.3) is 12.2 Å². The molecule has 0 heterocycles. The van der Waals surface area contributed by atoms with Crippen molar-refractivity contribution >= 4 is 23.7 Å². The van der Waals surface area contributed by atoms with Gasteiger partial charge in [-0.1, -0.05) is 42.5 Å². The molecule has 0 fully saturated rings. The van der Waals surface area contributed by atoms with Gasteiger partial charge in [0.05, 0.1) is 0 Å². The first-order valence-corrected chi connectivity index (χ1v) is 8.29. The number of aryl methyl sites for hydroxylation is 1. The molecule has 0 amide bonds. The minimum Gasteiger partial charge on any atom is -0.289 e. The smallest absolute Gasteiger partial charge is 0.194 e. The Hall–Kier alpha value is -3.26. The predicted molar refractivity (Wildman–Crippen MR) is 97.3 cm³/mol. The predicted octanol–water partition coefficient (Wildman–Crippen LogP) is 2.74. The van der Waals surface area contributed by atoms with Crippen LogP contribution < -0.4 is 10.4 Å². The third-order valence-electron chi connectivity index (χ3n) is 5.10. The third-order valence-corrected chi connectivity index (χ3v) is 5.10.